The highest BCUT2D eigenvalue weighted by molar-refractivity contribution is 9.10. The first-order valence-electron chi connectivity index (χ1n) is 6.42. The van der Waals surface area contributed by atoms with Crippen molar-refractivity contribution in [1.82, 2.24) is 0 Å². The smallest absolute Gasteiger partial charge is 0.0873 e. The number of aryl methyl sites for hydroxylation is 1. The van der Waals surface area contributed by atoms with E-state index in [1.54, 1.807) is 0 Å². The van der Waals surface area contributed by atoms with Crippen molar-refractivity contribution in [3.63, 3.8) is 0 Å². The highest BCUT2D eigenvalue weighted by atomic mass is 79.9. The first kappa shape index (κ1) is 15.5. The molecule has 2 aromatic rings. The quantitative estimate of drug-likeness (QED) is 0.865. The molecule has 0 aliphatic rings. The lowest BCUT2D eigenvalue weighted by Gasteiger charge is -2.24. The number of hydrogen-bond donors (Lipinski definition) is 2. The van der Waals surface area contributed by atoms with Gasteiger partial charge in [0.1, 0.15) is 0 Å². The van der Waals surface area contributed by atoms with Crippen molar-refractivity contribution in [1.29, 1.82) is 0 Å². The molecule has 2 aromatic carbocycles. The Balaban J connectivity index is 2.35. The molecule has 2 atom stereocenters. The van der Waals surface area contributed by atoms with Gasteiger partial charge in [0.2, 0.25) is 0 Å². The number of nitrogens with two attached hydrogens (primary N) is 1. The van der Waals surface area contributed by atoms with Crippen molar-refractivity contribution in [3.8, 4) is 0 Å². The van der Waals surface area contributed by atoms with Crippen LogP contribution in [0.1, 0.15) is 28.7 Å². The molecular weight excluding hydrogens is 338 g/mol. The molecule has 2 nitrogen and oxygen atoms in total. The Morgan fingerprint density at radius 3 is 2.45 bits per heavy atom. The lowest BCUT2D eigenvalue weighted by atomic mass is 9.87. The van der Waals surface area contributed by atoms with Crippen LogP contribution in [0.4, 0.5) is 0 Å². The molecule has 0 bridgehead atoms. The zero-order valence-electron chi connectivity index (χ0n) is 11.2. The van der Waals surface area contributed by atoms with Crippen LogP contribution >= 0.6 is 27.5 Å². The van der Waals surface area contributed by atoms with Crippen molar-refractivity contribution in [2.24, 2.45) is 5.73 Å². The van der Waals surface area contributed by atoms with E-state index in [4.69, 9.17) is 17.3 Å². The van der Waals surface area contributed by atoms with Crippen LogP contribution in [0.5, 0.6) is 0 Å². The van der Waals surface area contributed by atoms with E-state index in [9.17, 15) is 5.11 Å². The van der Waals surface area contributed by atoms with Crippen LogP contribution in [0.25, 0.3) is 0 Å². The van der Waals surface area contributed by atoms with Crippen LogP contribution in [0.15, 0.2) is 46.9 Å². The Morgan fingerprint density at radius 1 is 1.20 bits per heavy atom. The molecule has 2 unspecified atom stereocenters. The van der Waals surface area contributed by atoms with E-state index in [1.807, 2.05) is 49.4 Å². The number of hydrogen-bond acceptors (Lipinski definition) is 2. The molecule has 0 amide bonds. The largest absolute Gasteiger partial charge is 0.388 e. The minimum atomic E-state index is -0.667. The summed E-state index contributed by atoms with van der Waals surface area (Å²) in [5.41, 5.74) is 8.72. The standard InChI is InChI=1S/C16H17BrClNO/c1-10-2-7-13(18)8-14(10)16(20)15(9-19)11-3-5-12(17)6-4-11/h2-8,15-16,20H,9,19H2,1H3. The second-order valence-corrected chi connectivity index (χ2v) is 6.19. The summed E-state index contributed by atoms with van der Waals surface area (Å²) >= 11 is 9.44. The summed E-state index contributed by atoms with van der Waals surface area (Å²) in [4.78, 5) is 0. The maximum absolute atomic E-state index is 10.7. The van der Waals surface area contributed by atoms with Gasteiger partial charge in [0.25, 0.3) is 0 Å². The van der Waals surface area contributed by atoms with E-state index in [0.717, 1.165) is 21.2 Å². The van der Waals surface area contributed by atoms with E-state index in [0.29, 0.717) is 11.6 Å². The molecule has 0 heterocycles. The predicted molar refractivity (Wildman–Crippen MR) is 87.1 cm³/mol. The summed E-state index contributed by atoms with van der Waals surface area (Å²) in [5.74, 6) is -0.153. The van der Waals surface area contributed by atoms with Crippen LogP contribution in [-0.2, 0) is 0 Å². The molecule has 0 fully saturated rings. The van der Waals surface area contributed by atoms with E-state index < -0.39 is 6.10 Å². The molecule has 2 rings (SSSR count). The first-order valence-corrected chi connectivity index (χ1v) is 7.59. The molecule has 0 radical (unpaired) electrons. The van der Waals surface area contributed by atoms with E-state index in [-0.39, 0.29) is 5.92 Å². The summed E-state index contributed by atoms with van der Waals surface area (Å²) in [7, 11) is 0. The van der Waals surface area contributed by atoms with Crippen LogP contribution in [-0.4, -0.2) is 11.7 Å². The van der Waals surface area contributed by atoms with E-state index in [1.165, 1.54) is 0 Å². The highest BCUT2D eigenvalue weighted by Gasteiger charge is 2.23. The molecule has 0 saturated heterocycles. The summed E-state index contributed by atoms with van der Waals surface area (Å²) in [5, 5.41) is 11.3. The third-order valence-electron chi connectivity index (χ3n) is 3.49. The van der Waals surface area contributed by atoms with E-state index >= 15 is 0 Å². The maximum Gasteiger partial charge on any atom is 0.0873 e. The monoisotopic (exact) mass is 353 g/mol. The Kier molecular flexibility index (Phi) is 5.22. The van der Waals surface area contributed by atoms with Gasteiger partial charge in [-0.2, -0.15) is 0 Å². The van der Waals surface area contributed by atoms with Gasteiger partial charge in [-0.25, -0.2) is 0 Å². The van der Waals surface area contributed by atoms with Gasteiger partial charge in [0.05, 0.1) is 6.10 Å². The molecule has 20 heavy (non-hydrogen) atoms. The van der Waals surface area contributed by atoms with Crippen LogP contribution in [0, 0.1) is 6.92 Å². The first-order chi connectivity index (χ1) is 9.52. The zero-order chi connectivity index (χ0) is 14.7. The predicted octanol–water partition coefficient (Wildman–Crippen LogP) is 4.19. The summed E-state index contributed by atoms with van der Waals surface area (Å²) in [6.45, 7) is 2.33. The number of aliphatic hydroxyl groups excluding tert-OH is 1. The number of aliphatic hydroxyl groups is 1. The van der Waals surface area contributed by atoms with Crippen molar-refractivity contribution < 1.29 is 5.11 Å². The fourth-order valence-electron chi connectivity index (χ4n) is 2.30. The van der Waals surface area contributed by atoms with Crippen LogP contribution < -0.4 is 5.73 Å². The SMILES string of the molecule is Cc1ccc(Cl)cc1C(O)C(CN)c1ccc(Br)cc1. The fraction of sp³-hybridized carbons (Fsp3) is 0.250. The molecule has 4 heteroatoms. The number of benzene rings is 2. The van der Waals surface area contributed by atoms with Gasteiger partial charge in [-0.3, -0.25) is 0 Å². The lowest BCUT2D eigenvalue weighted by Crippen LogP contribution is -2.20. The molecule has 3 N–H and O–H groups in total. The second kappa shape index (κ2) is 6.72. The minimum absolute atomic E-state index is 0.153. The van der Waals surface area contributed by atoms with Gasteiger partial charge in [-0.15, -0.1) is 0 Å². The second-order valence-electron chi connectivity index (χ2n) is 4.84. The van der Waals surface area contributed by atoms with Crippen molar-refractivity contribution in [2.45, 2.75) is 18.9 Å². The molecule has 106 valence electrons. The summed E-state index contributed by atoms with van der Waals surface area (Å²) in [6, 6.07) is 13.4. The van der Waals surface area contributed by atoms with Crippen molar-refractivity contribution in [2.75, 3.05) is 6.54 Å². The topological polar surface area (TPSA) is 46.2 Å². The molecule has 0 spiro atoms. The van der Waals surface area contributed by atoms with Gasteiger partial charge in [-0.1, -0.05) is 45.7 Å². The minimum Gasteiger partial charge on any atom is -0.388 e. The van der Waals surface area contributed by atoms with Gasteiger partial charge in [-0.05, 0) is 47.9 Å². The van der Waals surface area contributed by atoms with Gasteiger partial charge in [0.15, 0.2) is 0 Å². The average molecular weight is 355 g/mol. The number of halogens is 2. The van der Waals surface area contributed by atoms with Crippen LogP contribution in [0.3, 0.4) is 0 Å². The lowest BCUT2D eigenvalue weighted by molar-refractivity contribution is 0.147. The molecule has 0 aliphatic carbocycles. The van der Waals surface area contributed by atoms with Gasteiger partial charge < -0.3 is 10.8 Å². The Morgan fingerprint density at radius 2 is 1.85 bits per heavy atom. The third kappa shape index (κ3) is 3.41. The van der Waals surface area contributed by atoms with Crippen molar-refractivity contribution in [3.05, 3.63) is 68.7 Å². The maximum atomic E-state index is 10.7. The fourth-order valence-corrected chi connectivity index (χ4v) is 2.75. The summed E-state index contributed by atoms with van der Waals surface area (Å²) < 4.78 is 1.01. The van der Waals surface area contributed by atoms with Gasteiger partial charge in [0, 0.05) is 22.0 Å². The molecule has 0 saturated carbocycles. The normalized spacial score (nSPS) is 14.1. The average Bonchev–Trinajstić information content (AvgIpc) is 2.44. The third-order valence-corrected chi connectivity index (χ3v) is 4.26. The van der Waals surface area contributed by atoms with Gasteiger partial charge >= 0.3 is 0 Å². The summed E-state index contributed by atoms with van der Waals surface area (Å²) in [6.07, 6.45) is -0.667. The van der Waals surface area contributed by atoms with Crippen molar-refractivity contribution >= 4 is 27.5 Å². The molecule has 0 aromatic heterocycles. The Hall–Kier alpha value is -0.870. The Bertz CT molecular complexity index is 586. The highest BCUT2D eigenvalue weighted by Crippen LogP contribution is 2.33. The van der Waals surface area contributed by atoms with Crippen LogP contribution in [0.2, 0.25) is 5.02 Å². The Labute approximate surface area is 132 Å². The van der Waals surface area contributed by atoms with E-state index in [2.05, 4.69) is 15.9 Å². The number of rotatable bonds is 4. The zero-order valence-corrected chi connectivity index (χ0v) is 13.5. The molecular formula is C16H17BrClNO. The molecule has 0 aliphatic heterocycles.